The summed E-state index contributed by atoms with van der Waals surface area (Å²) in [5.74, 6) is -0.375. The van der Waals surface area contributed by atoms with E-state index in [4.69, 9.17) is 10.5 Å². The molecule has 2 N–H and O–H groups in total. The molecule has 0 bridgehead atoms. The molecule has 2 rings (SSSR count). The summed E-state index contributed by atoms with van der Waals surface area (Å²) in [6.45, 7) is 6.98. The molecule has 0 unspecified atom stereocenters. The molecule has 0 aromatic carbocycles. The van der Waals surface area contributed by atoms with E-state index < -0.39 is 0 Å². The number of anilines is 1. The summed E-state index contributed by atoms with van der Waals surface area (Å²) in [6.07, 6.45) is 5.31. The highest BCUT2D eigenvalue weighted by atomic mass is 16.5. The van der Waals surface area contributed by atoms with Crippen LogP contribution in [0.5, 0.6) is 0 Å². The summed E-state index contributed by atoms with van der Waals surface area (Å²) < 4.78 is 8.91. The van der Waals surface area contributed by atoms with Gasteiger partial charge in [-0.05, 0) is 26.8 Å². The number of rotatable bonds is 5. The molecule has 108 valence electrons. The van der Waals surface area contributed by atoms with Gasteiger partial charge in [0.1, 0.15) is 12.3 Å². The molecule has 0 spiro atoms. The van der Waals surface area contributed by atoms with E-state index in [2.05, 4.69) is 5.10 Å². The first-order valence-electron chi connectivity index (χ1n) is 6.67. The molecule has 0 radical (unpaired) electrons. The molecular formula is C14H20N4O2. The van der Waals surface area contributed by atoms with Crippen molar-refractivity contribution >= 4 is 11.7 Å². The number of carbonyl (C=O) groups excluding carboxylic acids is 1. The van der Waals surface area contributed by atoms with Crippen molar-refractivity contribution in [2.75, 3.05) is 5.73 Å². The largest absolute Gasteiger partial charge is 0.456 e. The van der Waals surface area contributed by atoms with E-state index in [0.717, 1.165) is 12.1 Å². The van der Waals surface area contributed by atoms with Crippen molar-refractivity contribution in [3.63, 3.8) is 0 Å². The molecule has 0 saturated heterocycles. The summed E-state index contributed by atoms with van der Waals surface area (Å²) in [7, 11) is 0. The van der Waals surface area contributed by atoms with E-state index in [0.29, 0.717) is 11.4 Å². The smallest absolute Gasteiger partial charge is 0.355 e. The maximum atomic E-state index is 12.1. The Labute approximate surface area is 118 Å². The van der Waals surface area contributed by atoms with Gasteiger partial charge in [-0.25, -0.2) is 4.79 Å². The number of hydrogen-bond donors (Lipinski definition) is 1. The first-order chi connectivity index (χ1) is 9.51. The highest BCUT2D eigenvalue weighted by Gasteiger charge is 2.16. The first-order valence-corrected chi connectivity index (χ1v) is 6.67. The number of aryl methyl sites for hydroxylation is 1. The van der Waals surface area contributed by atoms with Crippen LogP contribution >= 0.6 is 0 Å². The lowest BCUT2D eigenvalue weighted by atomic mass is 10.3. The van der Waals surface area contributed by atoms with Crippen molar-refractivity contribution in [1.29, 1.82) is 0 Å². The zero-order valence-electron chi connectivity index (χ0n) is 12.0. The minimum atomic E-state index is -0.375. The summed E-state index contributed by atoms with van der Waals surface area (Å²) >= 11 is 0. The predicted octanol–water partition coefficient (Wildman–Crippen LogP) is 2.22. The number of nitrogens with zero attached hydrogens (tertiary/aromatic N) is 3. The highest BCUT2D eigenvalue weighted by Crippen LogP contribution is 2.17. The van der Waals surface area contributed by atoms with Gasteiger partial charge >= 0.3 is 5.97 Å². The van der Waals surface area contributed by atoms with Crippen LogP contribution in [-0.2, 0) is 17.9 Å². The molecule has 2 aromatic rings. The maximum Gasteiger partial charge on any atom is 0.355 e. The third-order valence-corrected chi connectivity index (χ3v) is 3.02. The standard InChI is InChI=1S/C14H20N4O2/c1-4-17-7-11(6-16-17)9-20-14(19)13-5-12(15)8-18(13)10(2)3/h5-8,10H,4,9,15H2,1-3H3. The highest BCUT2D eigenvalue weighted by molar-refractivity contribution is 5.89. The SMILES string of the molecule is CCn1cc(COC(=O)c2cc(N)cn2C(C)C)cn1. The molecule has 0 saturated carbocycles. The van der Waals surface area contributed by atoms with Gasteiger partial charge in [-0.1, -0.05) is 0 Å². The molecule has 0 aliphatic heterocycles. The number of nitrogen functional groups attached to an aromatic ring is 1. The second-order valence-corrected chi connectivity index (χ2v) is 4.94. The Bertz CT molecular complexity index is 598. The fourth-order valence-electron chi connectivity index (χ4n) is 1.97. The van der Waals surface area contributed by atoms with Crippen LogP contribution in [0.2, 0.25) is 0 Å². The number of carbonyl (C=O) groups is 1. The fraction of sp³-hybridized carbons (Fsp3) is 0.429. The van der Waals surface area contributed by atoms with Crippen LogP contribution in [0.15, 0.2) is 24.7 Å². The van der Waals surface area contributed by atoms with E-state index in [1.807, 2.05) is 31.5 Å². The minimum Gasteiger partial charge on any atom is -0.456 e. The molecule has 0 fully saturated rings. The molecule has 0 aliphatic carbocycles. The van der Waals surface area contributed by atoms with Crippen molar-refractivity contribution in [3.8, 4) is 0 Å². The lowest BCUT2D eigenvalue weighted by Crippen LogP contribution is -2.13. The van der Waals surface area contributed by atoms with Crippen molar-refractivity contribution in [2.24, 2.45) is 0 Å². The zero-order valence-corrected chi connectivity index (χ0v) is 12.0. The van der Waals surface area contributed by atoms with Crippen molar-refractivity contribution < 1.29 is 9.53 Å². The van der Waals surface area contributed by atoms with Gasteiger partial charge in [0.2, 0.25) is 0 Å². The molecule has 6 heteroatoms. The Kier molecular flexibility index (Phi) is 4.12. The average Bonchev–Trinajstić information content (AvgIpc) is 3.02. The van der Waals surface area contributed by atoms with Crippen LogP contribution in [0.1, 0.15) is 42.9 Å². The van der Waals surface area contributed by atoms with Crippen LogP contribution < -0.4 is 5.73 Å². The van der Waals surface area contributed by atoms with Gasteiger partial charge in [0, 0.05) is 30.5 Å². The summed E-state index contributed by atoms with van der Waals surface area (Å²) in [5, 5.41) is 4.14. The fourth-order valence-corrected chi connectivity index (χ4v) is 1.97. The van der Waals surface area contributed by atoms with E-state index in [1.165, 1.54) is 0 Å². The summed E-state index contributed by atoms with van der Waals surface area (Å²) in [4.78, 5) is 12.1. The van der Waals surface area contributed by atoms with Crippen LogP contribution in [0.3, 0.4) is 0 Å². The molecule has 0 atom stereocenters. The topological polar surface area (TPSA) is 75.1 Å². The van der Waals surface area contributed by atoms with Gasteiger partial charge in [-0.2, -0.15) is 5.10 Å². The lowest BCUT2D eigenvalue weighted by molar-refractivity contribution is 0.0458. The third-order valence-electron chi connectivity index (χ3n) is 3.02. The molecule has 20 heavy (non-hydrogen) atoms. The van der Waals surface area contributed by atoms with E-state index in [-0.39, 0.29) is 18.6 Å². The van der Waals surface area contributed by atoms with Gasteiger partial charge in [0.05, 0.1) is 11.9 Å². The number of nitrogens with two attached hydrogens (primary N) is 1. The lowest BCUT2D eigenvalue weighted by Gasteiger charge is -2.11. The van der Waals surface area contributed by atoms with Crippen LogP contribution in [-0.4, -0.2) is 20.3 Å². The monoisotopic (exact) mass is 276 g/mol. The van der Waals surface area contributed by atoms with Gasteiger partial charge in [0.15, 0.2) is 0 Å². The van der Waals surface area contributed by atoms with Crippen LogP contribution in [0.25, 0.3) is 0 Å². The summed E-state index contributed by atoms with van der Waals surface area (Å²) in [6, 6.07) is 1.79. The Morgan fingerprint density at radius 3 is 2.80 bits per heavy atom. The Morgan fingerprint density at radius 2 is 2.20 bits per heavy atom. The number of aromatic nitrogens is 3. The third kappa shape index (κ3) is 3.01. The first kappa shape index (κ1) is 14.2. The van der Waals surface area contributed by atoms with Gasteiger partial charge in [-0.3, -0.25) is 4.68 Å². The Hall–Kier alpha value is -2.24. The summed E-state index contributed by atoms with van der Waals surface area (Å²) in [5.41, 5.74) is 7.65. The van der Waals surface area contributed by atoms with Crippen LogP contribution in [0, 0.1) is 0 Å². The predicted molar refractivity (Wildman–Crippen MR) is 76.2 cm³/mol. The molecule has 2 aromatic heterocycles. The maximum absolute atomic E-state index is 12.1. The molecular weight excluding hydrogens is 256 g/mol. The second kappa shape index (κ2) is 5.81. The van der Waals surface area contributed by atoms with Crippen LogP contribution in [0.4, 0.5) is 5.69 Å². The minimum absolute atomic E-state index is 0.151. The average molecular weight is 276 g/mol. The Balaban J connectivity index is 2.05. The van der Waals surface area contributed by atoms with Crippen molar-refractivity contribution in [2.45, 2.75) is 40.0 Å². The zero-order chi connectivity index (χ0) is 14.7. The molecule has 0 aliphatic rings. The number of esters is 1. The van der Waals surface area contributed by atoms with E-state index in [1.54, 1.807) is 23.1 Å². The molecule has 6 nitrogen and oxygen atoms in total. The van der Waals surface area contributed by atoms with Crippen molar-refractivity contribution in [1.82, 2.24) is 14.3 Å². The Morgan fingerprint density at radius 1 is 1.45 bits per heavy atom. The van der Waals surface area contributed by atoms with Crippen molar-refractivity contribution in [3.05, 3.63) is 35.9 Å². The van der Waals surface area contributed by atoms with Gasteiger partial charge < -0.3 is 15.0 Å². The second-order valence-electron chi connectivity index (χ2n) is 4.94. The number of hydrogen-bond acceptors (Lipinski definition) is 4. The van der Waals surface area contributed by atoms with Gasteiger partial charge in [-0.15, -0.1) is 0 Å². The molecule has 0 amide bonds. The van der Waals surface area contributed by atoms with Gasteiger partial charge in [0.25, 0.3) is 0 Å². The normalized spacial score (nSPS) is 11.0. The quantitative estimate of drug-likeness (QED) is 0.850. The van der Waals surface area contributed by atoms with E-state index >= 15 is 0 Å². The van der Waals surface area contributed by atoms with E-state index in [9.17, 15) is 4.79 Å². The number of ether oxygens (including phenoxy) is 1. The molecule has 2 heterocycles.